The Morgan fingerprint density at radius 1 is 1.33 bits per heavy atom. The summed E-state index contributed by atoms with van der Waals surface area (Å²) in [7, 11) is 0. The van der Waals surface area contributed by atoms with Gasteiger partial charge in [0, 0.05) is 0 Å². The lowest BCUT2D eigenvalue weighted by Crippen LogP contribution is -2.07. The van der Waals surface area contributed by atoms with Gasteiger partial charge < -0.3 is 4.74 Å². The maximum Gasteiger partial charge on any atom is 0.121 e. The van der Waals surface area contributed by atoms with E-state index in [1.165, 1.54) is 0 Å². The molecule has 0 aliphatic carbocycles. The van der Waals surface area contributed by atoms with Gasteiger partial charge >= 0.3 is 0 Å². The predicted molar refractivity (Wildman–Crippen MR) is 35.4 cm³/mol. The summed E-state index contributed by atoms with van der Waals surface area (Å²) in [6.45, 7) is 5.75. The summed E-state index contributed by atoms with van der Waals surface area (Å²) in [5.41, 5.74) is 1.90. The second-order valence-electron chi connectivity index (χ2n) is 2.13. The molecule has 2 heteroatoms. The molecule has 0 aromatic carbocycles. The van der Waals surface area contributed by atoms with E-state index in [9.17, 15) is 0 Å². The van der Waals surface area contributed by atoms with Gasteiger partial charge in [0.15, 0.2) is 0 Å². The minimum atomic E-state index is 0.889. The quantitative estimate of drug-likeness (QED) is 0.482. The molecule has 2 nitrogen and oxygen atoms in total. The molecule has 1 heterocycles. The number of nitrogens with zero attached hydrogens (tertiary/aromatic N) is 1. The lowest BCUT2D eigenvalue weighted by atomic mass is 10.3. The second-order valence-corrected chi connectivity index (χ2v) is 2.13. The third kappa shape index (κ3) is 1.25. The minimum absolute atomic E-state index is 0.889. The van der Waals surface area contributed by atoms with Crippen molar-refractivity contribution in [2.75, 3.05) is 0 Å². The highest BCUT2D eigenvalue weighted by Gasteiger charge is 2.04. The largest absolute Gasteiger partial charge is 0.466 e. The van der Waals surface area contributed by atoms with E-state index < -0.39 is 0 Å². The average molecular weight is 124 g/mol. The van der Waals surface area contributed by atoms with Gasteiger partial charge in [-0.05, 0) is 20.8 Å². The molecule has 1 rings (SSSR count). The van der Waals surface area contributed by atoms with Crippen LogP contribution in [0.3, 0.4) is 0 Å². The maximum absolute atomic E-state index is 5.13. The number of hydrogen-bond donors (Lipinski definition) is 0. The highest BCUT2D eigenvalue weighted by atomic mass is 16.5. The van der Waals surface area contributed by atoms with Gasteiger partial charge in [-0.3, -0.25) is 5.32 Å². The summed E-state index contributed by atoms with van der Waals surface area (Å²) >= 11 is 0. The number of hydrogen-bond acceptors (Lipinski definition) is 1. The third-order valence-corrected chi connectivity index (χ3v) is 1.26. The zero-order chi connectivity index (χ0) is 6.85. The van der Waals surface area contributed by atoms with Crippen molar-refractivity contribution in [2.45, 2.75) is 20.8 Å². The molecule has 0 fully saturated rings. The first-order valence-corrected chi connectivity index (χ1v) is 2.93. The van der Waals surface area contributed by atoms with E-state index in [1.54, 1.807) is 6.26 Å². The van der Waals surface area contributed by atoms with Crippen LogP contribution in [0.1, 0.15) is 20.8 Å². The smallest absolute Gasteiger partial charge is 0.121 e. The molecular weight excluding hydrogens is 114 g/mol. The molecule has 1 aliphatic rings. The van der Waals surface area contributed by atoms with Crippen LogP contribution >= 0.6 is 0 Å². The van der Waals surface area contributed by atoms with Gasteiger partial charge in [0.1, 0.15) is 12.0 Å². The Kier molecular flexibility index (Phi) is 1.47. The zero-order valence-electron chi connectivity index (χ0n) is 5.93. The Bertz CT molecular complexity index is 179. The van der Waals surface area contributed by atoms with E-state index in [0.717, 1.165) is 17.2 Å². The molecule has 49 valence electrons. The van der Waals surface area contributed by atoms with Crippen LogP contribution in [-0.4, -0.2) is 0 Å². The topological polar surface area (TPSA) is 23.3 Å². The van der Waals surface area contributed by atoms with E-state index >= 15 is 0 Å². The van der Waals surface area contributed by atoms with Crippen molar-refractivity contribution in [1.29, 1.82) is 0 Å². The van der Waals surface area contributed by atoms with E-state index in [1.807, 2.05) is 20.8 Å². The zero-order valence-corrected chi connectivity index (χ0v) is 5.93. The Hall–Kier alpha value is -0.920. The normalized spacial score (nSPS) is 18.3. The Balaban J connectivity index is 2.70. The first-order chi connectivity index (χ1) is 4.20. The number of ether oxygens (including phenoxy) is 1. The SMILES string of the molecule is CC1=COC(C)=C(C)[N]1. The average Bonchev–Trinajstić information content (AvgIpc) is 1.80. The van der Waals surface area contributed by atoms with Crippen LogP contribution < -0.4 is 5.32 Å². The van der Waals surface area contributed by atoms with E-state index in [2.05, 4.69) is 5.32 Å². The van der Waals surface area contributed by atoms with Gasteiger partial charge in [0.25, 0.3) is 0 Å². The van der Waals surface area contributed by atoms with E-state index in [0.29, 0.717) is 0 Å². The van der Waals surface area contributed by atoms with Crippen molar-refractivity contribution in [2.24, 2.45) is 0 Å². The molecule has 0 atom stereocenters. The van der Waals surface area contributed by atoms with Crippen molar-refractivity contribution in [3.63, 3.8) is 0 Å². The molecule has 0 bridgehead atoms. The summed E-state index contributed by atoms with van der Waals surface area (Å²) in [5.74, 6) is 0.889. The van der Waals surface area contributed by atoms with Crippen LogP contribution in [0.25, 0.3) is 0 Å². The fourth-order valence-electron chi connectivity index (χ4n) is 0.629. The van der Waals surface area contributed by atoms with Crippen LogP contribution in [0, 0.1) is 0 Å². The molecule has 0 amide bonds. The fraction of sp³-hybridized carbons (Fsp3) is 0.429. The third-order valence-electron chi connectivity index (χ3n) is 1.26. The van der Waals surface area contributed by atoms with Crippen LogP contribution in [0.4, 0.5) is 0 Å². The summed E-state index contributed by atoms with van der Waals surface area (Å²) in [6, 6.07) is 0. The lowest BCUT2D eigenvalue weighted by Gasteiger charge is -2.12. The Labute approximate surface area is 55.2 Å². The minimum Gasteiger partial charge on any atom is -0.466 e. The predicted octanol–water partition coefficient (Wildman–Crippen LogP) is 1.73. The molecule has 0 aromatic heterocycles. The van der Waals surface area contributed by atoms with Gasteiger partial charge in [0.05, 0.1) is 11.4 Å². The molecule has 9 heavy (non-hydrogen) atoms. The highest BCUT2D eigenvalue weighted by Crippen LogP contribution is 2.12. The van der Waals surface area contributed by atoms with Gasteiger partial charge in [-0.1, -0.05) is 0 Å². The Morgan fingerprint density at radius 3 is 2.44 bits per heavy atom. The van der Waals surface area contributed by atoms with Crippen LogP contribution in [0.2, 0.25) is 0 Å². The van der Waals surface area contributed by atoms with Gasteiger partial charge in [-0.2, -0.15) is 0 Å². The second kappa shape index (κ2) is 2.13. The molecule has 0 saturated carbocycles. The molecule has 0 spiro atoms. The van der Waals surface area contributed by atoms with Gasteiger partial charge in [-0.25, -0.2) is 0 Å². The Morgan fingerprint density at radius 2 is 2.00 bits per heavy atom. The summed E-state index contributed by atoms with van der Waals surface area (Å²) in [4.78, 5) is 0. The van der Waals surface area contributed by atoms with Crippen molar-refractivity contribution in [3.8, 4) is 0 Å². The van der Waals surface area contributed by atoms with Crippen molar-refractivity contribution < 1.29 is 4.74 Å². The molecule has 1 aliphatic heterocycles. The fourth-order valence-corrected chi connectivity index (χ4v) is 0.629. The first kappa shape index (κ1) is 6.20. The van der Waals surface area contributed by atoms with Crippen LogP contribution in [0.15, 0.2) is 23.4 Å². The molecule has 0 N–H and O–H groups in total. The highest BCUT2D eigenvalue weighted by molar-refractivity contribution is 5.13. The maximum atomic E-state index is 5.13. The van der Waals surface area contributed by atoms with Gasteiger partial charge in [-0.15, -0.1) is 0 Å². The molecule has 0 aromatic rings. The summed E-state index contributed by atoms with van der Waals surface area (Å²) < 4.78 is 5.13. The van der Waals surface area contributed by atoms with E-state index in [-0.39, 0.29) is 0 Å². The van der Waals surface area contributed by atoms with E-state index in [4.69, 9.17) is 4.74 Å². The summed E-state index contributed by atoms with van der Waals surface area (Å²) in [5, 5.41) is 4.18. The monoisotopic (exact) mass is 124 g/mol. The number of allylic oxidation sites excluding steroid dienone is 3. The standard InChI is InChI=1S/C7H10NO/c1-5-4-9-7(3)6(2)8-5/h4H,1-3H3. The van der Waals surface area contributed by atoms with Crippen molar-refractivity contribution in [3.05, 3.63) is 23.4 Å². The summed E-state index contributed by atoms with van der Waals surface area (Å²) in [6.07, 6.45) is 1.66. The van der Waals surface area contributed by atoms with Crippen LogP contribution in [-0.2, 0) is 4.74 Å². The molecule has 1 radical (unpaired) electrons. The van der Waals surface area contributed by atoms with Crippen molar-refractivity contribution in [1.82, 2.24) is 5.32 Å². The molecule has 0 saturated heterocycles. The molecular formula is C7H10NO. The van der Waals surface area contributed by atoms with Crippen LogP contribution in [0.5, 0.6) is 0 Å². The number of rotatable bonds is 0. The molecule has 0 unspecified atom stereocenters. The van der Waals surface area contributed by atoms with Gasteiger partial charge in [0.2, 0.25) is 0 Å². The van der Waals surface area contributed by atoms with Crippen molar-refractivity contribution >= 4 is 0 Å². The lowest BCUT2D eigenvalue weighted by molar-refractivity contribution is 0.326. The first-order valence-electron chi connectivity index (χ1n) is 2.93.